The standard InChI is InChI=1S/C24H28FN9O/c1-5-6-20(35-4)19-15-21(32-31-19)27-23-28-22(26-16(2)17-7-9-18(25)10-8-17)29-24(30-23)34-13-11-33(3)12-14-34/h1,6-10,15-16H,11-14H2,2-4H3,(H3,26,27,28,29,30,31,32)/b20-6-. The zero-order valence-corrected chi connectivity index (χ0v) is 19.9. The molecular weight excluding hydrogens is 449 g/mol. The summed E-state index contributed by atoms with van der Waals surface area (Å²) in [5.74, 6) is 4.43. The second kappa shape index (κ2) is 10.8. The van der Waals surface area contributed by atoms with Crippen LogP contribution in [0.4, 0.5) is 28.1 Å². The van der Waals surface area contributed by atoms with Gasteiger partial charge in [-0.15, -0.1) is 6.42 Å². The van der Waals surface area contributed by atoms with Crippen molar-refractivity contribution in [2.24, 2.45) is 0 Å². The molecule has 1 aromatic carbocycles. The highest BCUT2D eigenvalue weighted by Crippen LogP contribution is 2.23. The van der Waals surface area contributed by atoms with Gasteiger partial charge in [0.1, 0.15) is 11.5 Å². The van der Waals surface area contributed by atoms with Crippen LogP contribution in [-0.4, -0.2) is 70.4 Å². The van der Waals surface area contributed by atoms with E-state index in [1.165, 1.54) is 25.3 Å². The van der Waals surface area contributed by atoms with Gasteiger partial charge in [0.2, 0.25) is 17.8 Å². The Kier molecular flexibility index (Phi) is 7.42. The summed E-state index contributed by atoms with van der Waals surface area (Å²) in [6, 6.07) is 7.93. The number of aromatic nitrogens is 5. The van der Waals surface area contributed by atoms with E-state index in [0.29, 0.717) is 35.1 Å². The molecule has 0 aliphatic carbocycles. The summed E-state index contributed by atoms with van der Waals surface area (Å²) in [5, 5.41) is 13.6. The van der Waals surface area contributed by atoms with Crippen molar-refractivity contribution < 1.29 is 9.13 Å². The van der Waals surface area contributed by atoms with Gasteiger partial charge in [-0.1, -0.05) is 18.1 Å². The molecule has 3 N–H and O–H groups in total. The van der Waals surface area contributed by atoms with E-state index in [9.17, 15) is 4.39 Å². The van der Waals surface area contributed by atoms with Crippen molar-refractivity contribution in [2.75, 3.05) is 55.9 Å². The topological polar surface area (TPSA) is 107 Å². The Labute approximate surface area is 203 Å². The van der Waals surface area contributed by atoms with E-state index in [1.54, 1.807) is 18.2 Å². The highest BCUT2D eigenvalue weighted by Gasteiger charge is 2.20. The minimum atomic E-state index is -0.281. The number of rotatable bonds is 8. The Morgan fingerprint density at radius 2 is 1.89 bits per heavy atom. The molecule has 1 aliphatic rings. The number of allylic oxidation sites excluding steroid dienone is 1. The molecule has 10 nitrogen and oxygen atoms in total. The van der Waals surface area contributed by atoms with Crippen LogP contribution < -0.4 is 15.5 Å². The first kappa shape index (κ1) is 24.0. The van der Waals surface area contributed by atoms with Gasteiger partial charge in [0.05, 0.1) is 13.2 Å². The van der Waals surface area contributed by atoms with Crippen molar-refractivity contribution in [3.63, 3.8) is 0 Å². The van der Waals surface area contributed by atoms with Gasteiger partial charge in [-0.2, -0.15) is 20.1 Å². The van der Waals surface area contributed by atoms with Crippen LogP contribution in [0, 0.1) is 18.2 Å². The Morgan fingerprint density at radius 1 is 1.17 bits per heavy atom. The van der Waals surface area contributed by atoms with Gasteiger partial charge in [-0.25, -0.2) is 4.39 Å². The maximum Gasteiger partial charge on any atom is 0.235 e. The van der Waals surface area contributed by atoms with Gasteiger partial charge in [0.25, 0.3) is 0 Å². The van der Waals surface area contributed by atoms with Crippen LogP contribution in [0.1, 0.15) is 24.2 Å². The number of methoxy groups -OCH3 is 1. The predicted octanol–water partition coefficient (Wildman–Crippen LogP) is 3.02. The predicted molar refractivity (Wildman–Crippen MR) is 134 cm³/mol. The molecule has 1 aliphatic heterocycles. The molecule has 0 bridgehead atoms. The number of benzene rings is 1. The van der Waals surface area contributed by atoms with Crippen molar-refractivity contribution >= 4 is 29.4 Å². The first-order chi connectivity index (χ1) is 16.9. The lowest BCUT2D eigenvalue weighted by Crippen LogP contribution is -2.45. The highest BCUT2D eigenvalue weighted by atomic mass is 19.1. The second-order valence-electron chi connectivity index (χ2n) is 8.16. The van der Waals surface area contributed by atoms with Gasteiger partial charge < -0.3 is 25.2 Å². The first-order valence-corrected chi connectivity index (χ1v) is 11.2. The summed E-state index contributed by atoms with van der Waals surface area (Å²) in [4.78, 5) is 18.2. The average molecular weight is 478 g/mol. The number of piperazine rings is 1. The van der Waals surface area contributed by atoms with Crippen LogP contribution in [-0.2, 0) is 4.74 Å². The summed E-state index contributed by atoms with van der Waals surface area (Å²) >= 11 is 0. The molecular formula is C24H28FN9O. The zero-order chi connectivity index (χ0) is 24.8. The maximum absolute atomic E-state index is 13.3. The summed E-state index contributed by atoms with van der Waals surface area (Å²) in [6.07, 6.45) is 6.86. The number of H-pyrrole nitrogens is 1. The minimum absolute atomic E-state index is 0.152. The van der Waals surface area contributed by atoms with Crippen LogP contribution in [0.3, 0.4) is 0 Å². The minimum Gasteiger partial charge on any atom is -0.494 e. The fourth-order valence-corrected chi connectivity index (χ4v) is 3.61. The monoisotopic (exact) mass is 477 g/mol. The van der Waals surface area contributed by atoms with E-state index in [0.717, 1.165) is 31.7 Å². The van der Waals surface area contributed by atoms with Crippen molar-refractivity contribution in [3.05, 3.63) is 53.5 Å². The molecule has 11 heteroatoms. The molecule has 35 heavy (non-hydrogen) atoms. The Morgan fingerprint density at radius 3 is 2.57 bits per heavy atom. The van der Waals surface area contributed by atoms with Crippen molar-refractivity contribution in [2.45, 2.75) is 13.0 Å². The third kappa shape index (κ3) is 6.04. The Hall–Kier alpha value is -4.17. The molecule has 0 amide bonds. The largest absolute Gasteiger partial charge is 0.494 e. The average Bonchev–Trinajstić information content (AvgIpc) is 3.31. The van der Waals surface area contributed by atoms with Gasteiger partial charge in [0, 0.05) is 38.3 Å². The van der Waals surface area contributed by atoms with Crippen LogP contribution in [0.25, 0.3) is 5.76 Å². The van der Waals surface area contributed by atoms with Gasteiger partial charge in [0.15, 0.2) is 11.6 Å². The number of nitrogens with zero attached hydrogens (tertiary/aromatic N) is 6. The number of halogens is 1. The molecule has 0 saturated carbocycles. The van der Waals surface area contributed by atoms with Gasteiger partial charge in [-0.05, 0) is 31.7 Å². The molecule has 0 radical (unpaired) electrons. The number of nitrogens with one attached hydrogen (secondary N) is 3. The number of aromatic amines is 1. The number of anilines is 4. The highest BCUT2D eigenvalue weighted by molar-refractivity contribution is 5.63. The lowest BCUT2D eigenvalue weighted by molar-refractivity contribution is 0.311. The fraction of sp³-hybridized carbons (Fsp3) is 0.333. The zero-order valence-electron chi connectivity index (χ0n) is 19.9. The third-order valence-electron chi connectivity index (χ3n) is 5.64. The Balaban J connectivity index is 1.60. The maximum atomic E-state index is 13.3. The Bertz CT molecular complexity index is 1210. The van der Waals surface area contributed by atoms with Crippen LogP contribution >= 0.6 is 0 Å². The summed E-state index contributed by atoms with van der Waals surface area (Å²) in [5.41, 5.74) is 1.52. The van der Waals surface area contributed by atoms with E-state index in [2.05, 4.69) is 58.6 Å². The smallest absolute Gasteiger partial charge is 0.235 e. The molecule has 182 valence electrons. The molecule has 0 spiro atoms. The summed E-state index contributed by atoms with van der Waals surface area (Å²) in [7, 11) is 3.62. The number of ether oxygens (including phenoxy) is 1. The van der Waals surface area contributed by atoms with E-state index < -0.39 is 0 Å². The quantitative estimate of drug-likeness (QED) is 0.333. The van der Waals surface area contributed by atoms with Crippen molar-refractivity contribution in [1.29, 1.82) is 0 Å². The lowest BCUT2D eigenvalue weighted by Gasteiger charge is -2.32. The van der Waals surface area contributed by atoms with Crippen molar-refractivity contribution in [1.82, 2.24) is 30.0 Å². The molecule has 1 unspecified atom stereocenters. The van der Waals surface area contributed by atoms with E-state index in [-0.39, 0.29) is 11.9 Å². The first-order valence-electron chi connectivity index (χ1n) is 11.2. The molecule has 2 aromatic heterocycles. The summed E-state index contributed by atoms with van der Waals surface area (Å²) in [6.45, 7) is 5.38. The number of terminal acetylenes is 1. The molecule has 1 saturated heterocycles. The molecule has 4 rings (SSSR count). The van der Waals surface area contributed by atoms with E-state index in [4.69, 9.17) is 11.2 Å². The van der Waals surface area contributed by atoms with E-state index >= 15 is 0 Å². The fourth-order valence-electron chi connectivity index (χ4n) is 3.61. The SMILES string of the molecule is C#C/C=C(\OC)c1cc(Nc2nc(NC(C)c3ccc(F)cc3)nc(N3CCN(C)CC3)n2)n[nH]1. The van der Waals surface area contributed by atoms with Crippen molar-refractivity contribution in [3.8, 4) is 12.3 Å². The van der Waals surface area contributed by atoms with Crippen LogP contribution in [0.15, 0.2) is 36.4 Å². The second-order valence-corrected chi connectivity index (χ2v) is 8.16. The van der Waals surface area contributed by atoms with Crippen LogP contribution in [0.5, 0.6) is 0 Å². The van der Waals surface area contributed by atoms with E-state index in [1.807, 2.05) is 6.92 Å². The molecule has 3 aromatic rings. The summed E-state index contributed by atoms with van der Waals surface area (Å²) < 4.78 is 18.6. The van der Waals surface area contributed by atoms with Gasteiger partial charge in [-0.3, -0.25) is 5.10 Å². The van der Waals surface area contributed by atoms with Crippen LogP contribution in [0.2, 0.25) is 0 Å². The number of hydrogen-bond acceptors (Lipinski definition) is 9. The molecule has 1 atom stereocenters. The van der Waals surface area contributed by atoms with Gasteiger partial charge >= 0.3 is 0 Å². The normalized spacial score (nSPS) is 15.4. The molecule has 1 fully saturated rings. The number of likely N-dealkylation sites (N-methyl/N-ethyl adjacent to an activating group) is 1. The number of hydrogen-bond donors (Lipinski definition) is 3. The lowest BCUT2D eigenvalue weighted by atomic mass is 10.1. The molecule has 3 heterocycles. The third-order valence-corrected chi connectivity index (χ3v) is 5.64.